The van der Waals surface area contributed by atoms with Crippen molar-refractivity contribution < 1.29 is 14.3 Å². The smallest absolute Gasteiger partial charge is 0.354 e. The zero-order valence-corrected chi connectivity index (χ0v) is 14.3. The van der Waals surface area contributed by atoms with Crippen LogP contribution in [0.5, 0.6) is 0 Å². The van der Waals surface area contributed by atoms with Crippen LogP contribution in [0.3, 0.4) is 0 Å². The Morgan fingerprint density at radius 3 is 2.67 bits per heavy atom. The first-order valence-corrected chi connectivity index (χ1v) is 8.56. The fraction of sp³-hybridized carbons (Fsp3) is 0.222. The Hall–Kier alpha value is -2.60. The Labute approximate surface area is 143 Å². The van der Waals surface area contributed by atoms with Crippen LogP contribution in [-0.4, -0.2) is 23.6 Å². The highest BCUT2D eigenvalue weighted by Gasteiger charge is 2.27. The molecule has 124 valence electrons. The van der Waals surface area contributed by atoms with Crippen molar-refractivity contribution in [2.75, 3.05) is 12.4 Å². The van der Waals surface area contributed by atoms with Gasteiger partial charge in [0.1, 0.15) is 16.6 Å². The summed E-state index contributed by atoms with van der Waals surface area (Å²) >= 11 is 1.51. The number of nitrogens with one attached hydrogen (secondary N) is 1. The van der Waals surface area contributed by atoms with E-state index in [1.165, 1.54) is 18.4 Å². The number of carbonyl (C=O) groups is 2. The first-order valence-electron chi connectivity index (χ1n) is 7.68. The van der Waals surface area contributed by atoms with E-state index < -0.39 is 12.0 Å². The number of hydrogen-bond acceptors (Lipinski definition) is 4. The van der Waals surface area contributed by atoms with Crippen molar-refractivity contribution in [1.29, 1.82) is 0 Å². The third-order valence-corrected chi connectivity index (χ3v) is 4.81. The molecular formula is C18H18N2O3S. The van der Waals surface area contributed by atoms with Gasteiger partial charge in [0.05, 0.1) is 7.11 Å². The number of thiophene rings is 1. The van der Waals surface area contributed by atoms with E-state index in [4.69, 9.17) is 4.74 Å². The number of benzene rings is 1. The van der Waals surface area contributed by atoms with E-state index >= 15 is 0 Å². The Balaban J connectivity index is 2.01. The summed E-state index contributed by atoms with van der Waals surface area (Å²) in [5.41, 5.74) is 1.13. The third kappa shape index (κ3) is 2.92. The summed E-state index contributed by atoms with van der Waals surface area (Å²) in [6.07, 6.45) is 0.560. The van der Waals surface area contributed by atoms with E-state index in [0.717, 1.165) is 15.9 Å². The van der Waals surface area contributed by atoms with Crippen molar-refractivity contribution in [3.05, 3.63) is 53.5 Å². The fourth-order valence-electron chi connectivity index (χ4n) is 2.75. The molecular weight excluding hydrogens is 324 g/mol. The van der Waals surface area contributed by atoms with E-state index in [2.05, 4.69) is 5.32 Å². The molecule has 3 aromatic rings. The minimum absolute atomic E-state index is 0.153. The largest absolute Gasteiger partial charge is 0.464 e. The van der Waals surface area contributed by atoms with Gasteiger partial charge in [0, 0.05) is 11.1 Å². The molecule has 0 spiro atoms. The normalized spacial score (nSPS) is 12.1. The molecule has 0 saturated heterocycles. The van der Waals surface area contributed by atoms with Crippen molar-refractivity contribution in [3.63, 3.8) is 0 Å². The van der Waals surface area contributed by atoms with Crippen LogP contribution in [0.1, 0.15) is 29.9 Å². The monoisotopic (exact) mass is 342 g/mol. The minimum atomic E-state index is -0.490. The second-order valence-corrected chi connectivity index (χ2v) is 6.25. The predicted octanol–water partition coefficient (Wildman–Crippen LogP) is 4.08. The topological polar surface area (TPSA) is 60.3 Å². The Morgan fingerprint density at radius 1 is 1.25 bits per heavy atom. The zero-order chi connectivity index (χ0) is 17.1. The van der Waals surface area contributed by atoms with E-state index in [0.29, 0.717) is 12.1 Å². The molecule has 0 aliphatic heterocycles. The van der Waals surface area contributed by atoms with Gasteiger partial charge in [0.15, 0.2) is 0 Å². The molecule has 0 radical (unpaired) electrons. The van der Waals surface area contributed by atoms with Gasteiger partial charge in [-0.05, 0) is 36.1 Å². The molecule has 0 unspecified atom stereocenters. The highest BCUT2D eigenvalue weighted by atomic mass is 32.1. The number of esters is 1. The van der Waals surface area contributed by atoms with Crippen LogP contribution in [0.15, 0.2) is 47.8 Å². The average molecular weight is 342 g/mol. The number of fused-ring (bicyclic) bond motifs is 1. The molecule has 3 rings (SSSR count). The highest BCUT2D eigenvalue weighted by molar-refractivity contribution is 7.16. The number of aromatic nitrogens is 1. The van der Waals surface area contributed by atoms with Crippen molar-refractivity contribution in [1.82, 2.24) is 4.57 Å². The van der Waals surface area contributed by atoms with Crippen LogP contribution >= 0.6 is 11.3 Å². The number of para-hydroxylation sites is 1. The van der Waals surface area contributed by atoms with Crippen LogP contribution in [0.2, 0.25) is 0 Å². The van der Waals surface area contributed by atoms with Gasteiger partial charge in [-0.3, -0.25) is 4.79 Å². The summed E-state index contributed by atoms with van der Waals surface area (Å²) in [4.78, 5) is 25.8. The van der Waals surface area contributed by atoms with E-state index in [1.54, 1.807) is 10.6 Å². The summed E-state index contributed by atoms with van der Waals surface area (Å²) in [6, 6.07) is 12.5. The average Bonchev–Trinajstić information content (AvgIpc) is 3.18. The Morgan fingerprint density at radius 2 is 2.00 bits per heavy atom. The van der Waals surface area contributed by atoms with Crippen molar-refractivity contribution in [2.45, 2.75) is 19.4 Å². The molecule has 1 N–H and O–H groups in total. The highest BCUT2D eigenvalue weighted by Crippen LogP contribution is 2.31. The van der Waals surface area contributed by atoms with Gasteiger partial charge in [0.2, 0.25) is 5.91 Å². The number of ether oxygens (including phenoxy) is 1. The second-order valence-electron chi connectivity index (χ2n) is 5.35. The maximum atomic E-state index is 12.8. The van der Waals surface area contributed by atoms with Gasteiger partial charge in [-0.25, -0.2) is 4.79 Å². The van der Waals surface area contributed by atoms with E-state index in [-0.39, 0.29) is 5.91 Å². The standard InChI is InChI=1S/C18H18N2O3S/c1-3-14(16(21)19-13-7-5-4-6-8-13)20-15(18(22)23-2)11-12-9-10-24-17(12)20/h4-11,14H,3H2,1-2H3,(H,19,21)/t14-/m1/s1. The van der Waals surface area contributed by atoms with Gasteiger partial charge in [-0.15, -0.1) is 11.3 Å². The second kappa shape index (κ2) is 6.88. The SMILES string of the molecule is CC[C@H](C(=O)Nc1ccccc1)n1c(C(=O)OC)cc2ccsc21. The van der Waals surface area contributed by atoms with E-state index in [1.807, 2.05) is 48.7 Å². The Kier molecular flexibility index (Phi) is 4.66. The van der Waals surface area contributed by atoms with Crippen LogP contribution in [0, 0.1) is 0 Å². The molecule has 1 atom stereocenters. The molecule has 1 aromatic carbocycles. The van der Waals surface area contributed by atoms with Crippen molar-refractivity contribution >= 4 is 39.1 Å². The van der Waals surface area contributed by atoms with Crippen LogP contribution < -0.4 is 5.32 Å². The quantitative estimate of drug-likeness (QED) is 0.711. The zero-order valence-electron chi connectivity index (χ0n) is 13.5. The third-order valence-electron chi connectivity index (χ3n) is 3.88. The maximum Gasteiger partial charge on any atom is 0.354 e. The summed E-state index contributed by atoms with van der Waals surface area (Å²) in [5.74, 6) is -0.593. The first kappa shape index (κ1) is 16.3. The lowest BCUT2D eigenvalue weighted by Gasteiger charge is -2.19. The first-order chi connectivity index (χ1) is 11.7. The lowest BCUT2D eigenvalue weighted by Crippen LogP contribution is -2.27. The van der Waals surface area contributed by atoms with Crippen LogP contribution in [-0.2, 0) is 9.53 Å². The lowest BCUT2D eigenvalue weighted by molar-refractivity contribution is -0.119. The molecule has 0 aliphatic carbocycles. The summed E-state index contributed by atoms with van der Waals surface area (Å²) < 4.78 is 6.66. The number of anilines is 1. The molecule has 2 aromatic heterocycles. The minimum Gasteiger partial charge on any atom is -0.464 e. The number of amides is 1. The van der Waals surface area contributed by atoms with Crippen LogP contribution in [0.4, 0.5) is 5.69 Å². The molecule has 5 nitrogen and oxygen atoms in total. The number of methoxy groups -OCH3 is 1. The number of rotatable bonds is 5. The predicted molar refractivity (Wildman–Crippen MR) is 95.6 cm³/mol. The van der Waals surface area contributed by atoms with Crippen molar-refractivity contribution in [2.24, 2.45) is 0 Å². The fourth-order valence-corrected chi connectivity index (χ4v) is 3.69. The molecule has 0 bridgehead atoms. The molecule has 0 saturated carbocycles. The van der Waals surface area contributed by atoms with Gasteiger partial charge in [-0.2, -0.15) is 0 Å². The molecule has 24 heavy (non-hydrogen) atoms. The van der Waals surface area contributed by atoms with Gasteiger partial charge < -0.3 is 14.6 Å². The maximum absolute atomic E-state index is 12.8. The van der Waals surface area contributed by atoms with Gasteiger partial charge in [0.25, 0.3) is 0 Å². The molecule has 0 fully saturated rings. The summed E-state index contributed by atoms with van der Waals surface area (Å²) in [5, 5.41) is 5.80. The van der Waals surface area contributed by atoms with E-state index in [9.17, 15) is 9.59 Å². The molecule has 0 aliphatic rings. The van der Waals surface area contributed by atoms with Crippen LogP contribution in [0.25, 0.3) is 10.2 Å². The number of carbonyl (C=O) groups excluding carboxylic acids is 2. The molecule has 1 amide bonds. The molecule has 2 heterocycles. The Bertz CT molecular complexity index is 867. The van der Waals surface area contributed by atoms with Crippen molar-refractivity contribution in [3.8, 4) is 0 Å². The van der Waals surface area contributed by atoms with Gasteiger partial charge >= 0.3 is 5.97 Å². The van der Waals surface area contributed by atoms with Gasteiger partial charge in [-0.1, -0.05) is 25.1 Å². The number of hydrogen-bond donors (Lipinski definition) is 1. The molecule has 6 heteroatoms. The summed E-state index contributed by atoms with van der Waals surface area (Å²) in [7, 11) is 1.35. The summed E-state index contributed by atoms with van der Waals surface area (Å²) in [6.45, 7) is 1.93. The lowest BCUT2D eigenvalue weighted by atomic mass is 10.2. The number of nitrogens with zero attached hydrogens (tertiary/aromatic N) is 1.